The van der Waals surface area contributed by atoms with Gasteiger partial charge in [0.15, 0.2) is 5.78 Å². The van der Waals surface area contributed by atoms with Crippen LogP contribution in [0.5, 0.6) is 0 Å². The van der Waals surface area contributed by atoms with Gasteiger partial charge in [0.1, 0.15) is 0 Å². The van der Waals surface area contributed by atoms with Crippen molar-refractivity contribution in [2.75, 3.05) is 0 Å². The fourth-order valence-corrected chi connectivity index (χ4v) is 4.78. The Labute approximate surface area is 164 Å². The van der Waals surface area contributed by atoms with Crippen LogP contribution < -0.4 is 0 Å². The van der Waals surface area contributed by atoms with Crippen LogP contribution in [0.2, 0.25) is 0 Å². The molecule has 2 aliphatic carbocycles. The van der Waals surface area contributed by atoms with Gasteiger partial charge < -0.3 is 0 Å². The summed E-state index contributed by atoms with van der Waals surface area (Å²) >= 11 is 0. The highest BCUT2D eigenvalue weighted by atomic mass is 16.1. The number of ketones is 1. The number of rotatable bonds is 1. The molecule has 0 aromatic heterocycles. The van der Waals surface area contributed by atoms with E-state index in [2.05, 4.69) is 78.9 Å². The van der Waals surface area contributed by atoms with Crippen LogP contribution >= 0.6 is 0 Å². The van der Waals surface area contributed by atoms with Gasteiger partial charge in [-0.1, -0.05) is 78.9 Å². The molecule has 0 heterocycles. The Hall–Kier alpha value is -3.45. The average Bonchev–Trinajstić information content (AvgIpc) is 3.12. The van der Waals surface area contributed by atoms with E-state index in [4.69, 9.17) is 0 Å². The van der Waals surface area contributed by atoms with Gasteiger partial charge in [0.05, 0.1) is 5.92 Å². The van der Waals surface area contributed by atoms with Gasteiger partial charge in [-0.15, -0.1) is 0 Å². The van der Waals surface area contributed by atoms with E-state index in [-0.39, 0.29) is 11.7 Å². The average molecular weight is 358 g/mol. The Morgan fingerprint density at radius 1 is 0.714 bits per heavy atom. The summed E-state index contributed by atoms with van der Waals surface area (Å²) < 4.78 is 0. The molecule has 0 saturated carbocycles. The summed E-state index contributed by atoms with van der Waals surface area (Å²) in [5.41, 5.74) is 8.24. The van der Waals surface area contributed by atoms with E-state index in [1.807, 2.05) is 12.1 Å². The second kappa shape index (κ2) is 5.77. The number of benzene rings is 4. The smallest absolute Gasteiger partial charge is 0.174 e. The topological polar surface area (TPSA) is 17.1 Å². The van der Waals surface area contributed by atoms with Crippen LogP contribution in [0.15, 0.2) is 84.9 Å². The first-order valence-corrected chi connectivity index (χ1v) is 9.75. The van der Waals surface area contributed by atoms with Crippen molar-refractivity contribution in [1.82, 2.24) is 0 Å². The van der Waals surface area contributed by atoms with E-state index >= 15 is 0 Å². The zero-order valence-electron chi connectivity index (χ0n) is 15.4. The van der Waals surface area contributed by atoms with E-state index in [1.54, 1.807) is 0 Å². The molecule has 1 atom stereocenters. The van der Waals surface area contributed by atoms with E-state index in [9.17, 15) is 4.79 Å². The standard InChI is InChI=1S/C27H18O/c28-27-24(13-12-20-14-17-6-1-2-7-18(17)15-25(20)27)23-11-5-10-22-21-9-4-3-8-19(21)16-26(22)23/h1-15,24H,16H2. The van der Waals surface area contributed by atoms with Crippen LogP contribution in [0.4, 0.5) is 0 Å². The number of hydrogen-bond acceptors (Lipinski definition) is 1. The molecule has 2 aliphatic rings. The van der Waals surface area contributed by atoms with Crippen molar-refractivity contribution >= 4 is 22.6 Å². The molecule has 4 aromatic rings. The maximum Gasteiger partial charge on any atom is 0.174 e. The monoisotopic (exact) mass is 358 g/mol. The third-order valence-electron chi connectivity index (χ3n) is 6.16. The van der Waals surface area contributed by atoms with Gasteiger partial charge in [0, 0.05) is 5.56 Å². The lowest BCUT2D eigenvalue weighted by atomic mass is 9.80. The normalized spacial score (nSPS) is 16.7. The molecular formula is C27H18O. The van der Waals surface area contributed by atoms with E-state index < -0.39 is 0 Å². The van der Waals surface area contributed by atoms with E-state index in [1.165, 1.54) is 27.6 Å². The predicted molar refractivity (Wildman–Crippen MR) is 115 cm³/mol. The fraction of sp³-hybridized carbons (Fsp3) is 0.0741. The first-order chi connectivity index (χ1) is 13.8. The molecule has 1 heteroatoms. The Bertz CT molecular complexity index is 1310. The second-order valence-corrected chi connectivity index (χ2v) is 7.69. The van der Waals surface area contributed by atoms with Crippen molar-refractivity contribution in [2.45, 2.75) is 12.3 Å². The highest BCUT2D eigenvalue weighted by Gasteiger charge is 2.30. The first-order valence-electron chi connectivity index (χ1n) is 9.75. The number of fused-ring (bicyclic) bond motifs is 5. The summed E-state index contributed by atoms with van der Waals surface area (Å²) in [5.74, 6) is -0.00877. The molecule has 0 spiro atoms. The van der Waals surface area contributed by atoms with Gasteiger partial charge >= 0.3 is 0 Å². The van der Waals surface area contributed by atoms with Crippen LogP contribution in [0.25, 0.3) is 28.0 Å². The van der Waals surface area contributed by atoms with Crippen LogP contribution in [0.1, 0.15) is 38.5 Å². The van der Waals surface area contributed by atoms with Gasteiger partial charge in [0.25, 0.3) is 0 Å². The molecule has 28 heavy (non-hydrogen) atoms. The van der Waals surface area contributed by atoms with Crippen molar-refractivity contribution in [1.29, 1.82) is 0 Å². The molecule has 0 radical (unpaired) electrons. The zero-order chi connectivity index (χ0) is 18.7. The molecule has 6 rings (SSSR count). The third-order valence-corrected chi connectivity index (χ3v) is 6.16. The minimum atomic E-state index is -0.210. The Balaban J connectivity index is 1.49. The van der Waals surface area contributed by atoms with Crippen LogP contribution in [0.3, 0.4) is 0 Å². The van der Waals surface area contributed by atoms with Gasteiger partial charge in [-0.05, 0) is 62.7 Å². The Morgan fingerprint density at radius 3 is 2.36 bits per heavy atom. The molecule has 0 aliphatic heterocycles. The third kappa shape index (κ3) is 2.16. The molecule has 0 N–H and O–H groups in total. The number of hydrogen-bond donors (Lipinski definition) is 0. The van der Waals surface area contributed by atoms with Gasteiger partial charge in [0.2, 0.25) is 0 Å². The van der Waals surface area contributed by atoms with Gasteiger partial charge in [-0.2, -0.15) is 0 Å². The molecular weight excluding hydrogens is 340 g/mol. The molecule has 1 unspecified atom stereocenters. The molecule has 0 amide bonds. The number of allylic oxidation sites excluding steroid dienone is 1. The Morgan fingerprint density at radius 2 is 1.46 bits per heavy atom. The molecule has 1 nitrogen and oxygen atoms in total. The molecule has 0 saturated heterocycles. The minimum absolute atomic E-state index is 0.201. The molecule has 132 valence electrons. The quantitative estimate of drug-likeness (QED) is 0.339. The fourth-order valence-electron chi connectivity index (χ4n) is 4.78. The highest BCUT2D eigenvalue weighted by Crippen LogP contribution is 2.42. The van der Waals surface area contributed by atoms with Crippen molar-refractivity contribution in [3.05, 3.63) is 113 Å². The number of carbonyl (C=O) groups excluding carboxylic acids is 1. The molecule has 0 bridgehead atoms. The maximum absolute atomic E-state index is 13.5. The Kier molecular flexibility index (Phi) is 3.21. The van der Waals surface area contributed by atoms with Crippen LogP contribution in [-0.2, 0) is 6.42 Å². The molecule has 0 fully saturated rings. The van der Waals surface area contributed by atoms with Crippen molar-refractivity contribution in [3.8, 4) is 11.1 Å². The first kappa shape index (κ1) is 15.6. The van der Waals surface area contributed by atoms with Gasteiger partial charge in [-0.25, -0.2) is 0 Å². The van der Waals surface area contributed by atoms with Crippen LogP contribution in [-0.4, -0.2) is 5.78 Å². The summed E-state index contributed by atoms with van der Waals surface area (Å²) in [7, 11) is 0. The lowest BCUT2D eigenvalue weighted by molar-refractivity contribution is 0.0975. The second-order valence-electron chi connectivity index (χ2n) is 7.69. The zero-order valence-corrected chi connectivity index (χ0v) is 15.4. The summed E-state index contributed by atoms with van der Waals surface area (Å²) in [5, 5.41) is 2.29. The summed E-state index contributed by atoms with van der Waals surface area (Å²) in [6.45, 7) is 0. The minimum Gasteiger partial charge on any atom is -0.293 e. The van der Waals surface area contributed by atoms with Crippen molar-refractivity contribution < 1.29 is 4.79 Å². The predicted octanol–water partition coefficient (Wildman–Crippen LogP) is 6.40. The summed E-state index contributed by atoms with van der Waals surface area (Å²) in [4.78, 5) is 13.5. The van der Waals surface area contributed by atoms with Crippen molar-refractivity contribution in [3.63, 3.8) is 0 Å². The van der Waals surface area contributed by atoms with E-state index in [0.717, 1.165) is 28.5 Å². The SMILES string of the molecule is O=C1c2cc3ccccc3cc2C=CC1c1cccc2c1Cc1ccccc1-2. The van der Waals surface area contributed by atoms with E-state index in [0.29, 0.717) is 0 Å². The van der Waals surface area contributed by atoms with Crippen LogP contribution in [0, 0.1) is 0 Å². The summed E-state index contributed by atoms with van der Waals surface area (Å²) in [6, 6.07) is 27.4. The lowest BCUT2D eigenvalue weighted by Gasteiger charge is -2.21. The maximum atomic E-state index is 13.5. The highest BCUT2D eigenvalue weighted by molar-refractivity contribution is 6.10. The lowest BCUT2D eigenvalue weighted by Crippen LogP contribution is -2.17. The molecule has 4 aromatic carbocycles. The summed E-state index contributed by atoms with van der Waals surface area (Å²) in [6.07, 6.45) is 5.11. The number of carbonyl (C=O) groups is 1. The largest absolute Gasteiger partial charge is 0.293 e. The van der Waals surface area contributed by atoms with Gasteiger partial charge in [-0.3, -0.25) is 4.79 Å². The van der Waals surface area contributed by atoms with Crippen molar-refractivity contribution in [2.24, 2.45) is 0 Å². The number of Topliss-reactive ketones (excluding diaryl/α,β-unsaturated/α-hetero) is 1.